The van der Waals surface area contributed by atoms with Crippen LogP contribution in [0, 0.1) is 0 Å². The second-order valence-electron chi connectivity index (χ2n) is 16.3. The standard InChI is InChI=1S/C59H36N4S/c1-2-15-40(16-3-1)59-61-50(36-51(62-59)42-18-13-20-44(35-42)63-52-25-9-6-22-46(52)47-23-7-10-26-53(47)63)39-30-28-37(29-31-39)41-17-12-19-43(34-41)57-58-56(48-24-8-11-27-54(48)64-58)55-45-21-5-4-14-38(45)32-33-49(55)60-57/h1-36H. The van der Waals surface area contributed by atoms with Gasteiger partial charge in [0.05, 0.1) is 38.3 Å². The van der Waals surface area contributed by atoms with E-state index in [9.17, 15) is 0 Å². The minimum atomic E-state index is 0.690. The van der Waals surface area contributed by atoms with Crippen LogP contribution in [0.15, 0.2) is 218 Å². The Bertz CT molecular complexity index is 3900. The van der Waals surface area contributed by atoms with E-state index in [4.69, 9.17) is 15.0 Å². The van der Waals surface area contributed by atoms with Gasteiger partial charge in [-0.1, -0.05) is 170 Å². The molecule has 0 radical (unpaired) electrons. The van der Waals surface area contributed by atoms with Crippen LogP contribution in [0.1, 0.15) is 0 Å². The van der Waals surface area contributed by atoms with Gasteiger partial charge in [0.2, 0.25) is 0 Å². The van der Waals surface area contributed by atoms with E-state index in [0.29, 0.717) is 5.82 Å². The van der Waals surface area contributed by atoms with Crippen molar-refractivity contribution in [1.29, 1.82) is 0 Å². The van der Waals surface area contributed by atoms with Gasteiger partial charge in [0, 0.05) is 59.6 Å². The predicted octanol–water partition coefficient (Wildman–Crippen LogP) is 16.0. The van der Waals surface area contributed by atoms with Gasteiger partial charge in [-0.15, -0.1) is 11.3 Å². The molecule has 0 atom stereocenters. The number of fused-ring (bicyclic) bond motifs is 10. The average molecular weight is 833 g/mol. The van der Waals surface area contributed by atoms with E-state index < -0.39 is 0 Å². The second kappa shape index (κ2) is 14.7. The van der Waals surface area contributed by atoms with E-state index in [1.807, 2.05) is 29.5 Å². The maximum absolute atomic E-state index is 5.42. The van der Waals surface area contributed by atoms with Crippen LogP contribution in [0.3, 0.4) is 0 Å². The summed E-state index contributed by atoms with van der Waals surface area (Å²) < 4.78 is 4.84. The van der Waals surface area contributed by atoms with Gasteiger partial charge in [0.15, 0.2) is 5.82 Å². The van der Waals surface area contributed by atoms with Crippen LogP contribution in [-0.2, 0) is 0 Å². The minimum Gasteiger partial charge on any atom is -0.309 e. The summed E-state index contributed by atoms with van der Waals surface area (Å²) in [6.07, 6.45) is 0. The van der Waals surface area contributed by atoms with Crippen molar-refractivity contribution in [3.8, 4) is 62.0 Å². The molecule has 0 N–H and O–H groups in total. The molecule has 64 heavy (non-hydrogen) atoms. The van der Waals surface area contributed by atoms with Crippen molar-refractivity contribution in [2.24, 2.45) is 0 Å². The molecule has 0 fully saturated rings. The predicted molar refractivity (Wildman–Crippen MR) is 269 cm³/mol. The Balaban J connectivity index is 0.902. The van der Waals surface area contributed by atoms with Crippen LogP contribution in [0.2, 0.25) is 0 Å². The zero-order chi connectivity index (χ0) is 42.1. The van der Waals surface area contributed by atoms with Crippen LogP contribution >= 0.6 is 11.3 Å². The van der Waals surface area contributed by atoms with Gasteiger partial charge in [0.25, 0.3) is 0 Å². The highest BCUT2D eigenvalue weighted by Gasteiger charge is 2.19. The fourth-order valence-corrected chi connectivity index (χ4v) is 10.8. The topological polar surface area (TPSA) is 43.6 Å². The largest absolute Gasteiger partial charge is 0.309 e. The lowest BCUT2D eigenvalue weighted by atomic mass is 9.96. The molecule has 0 amide bonds. The Hall–Kier alpha value is -8.25. The van der Waals surface area contributed by atoms with Crippen LogP contribution in [0.5, 0.6) is 0 Å². The van der Waals surface area contributed by atoms with Crippen LogP contribution in [0.25, 0.3) is 126 Å². The number of nitrogens with zero attached hydrogens (tertiary/aromatic N) is 4. The Morgan fingerprint density at radius 3 is 1.77 bits per heavy atom. The summed E-state index contributed by atoms with van der Waals surface area (Å²) in [5, 5.41) is 8.72. The molecule has 298 valence electrons. The highest BCUT2D eigenvalue weighted by Crippen LogP contribution is 2.45. The lowest BCUT2D eigenvalue weighted by Crippen LogP contribution is -1.97. The van der Waals surface area contributed by atoms with Gasteiger partial charge in [-0.3, -0.25) is 0 Å². The third-order valence-corrected chi connectivity index (χ3v) is 13.8. The smallest absolute Gasteiger partial charge is 0.160 e. The molecule has 4 nitrogen and oxygen atoms in total. The fraction of sp³-hybridized carbons (Fsp3) is 0. The monoisotopic (exact) mass is 832 g/mol. The van der Waals surface area contributed by atoms with Crippen LogP contribution < -0.4 is 0 Å². The highest BCUT2D eigenvalue weighted by molar-refractivity contribution is 7.26. The first-order chi connectivity index (χ1) is 31.7. The number of hydrogen-bond acceptors (Lipinski definition) is 4. The normalized spacial score (nSPS) is 11.8. The number of rotatable bonds is 6. The molecule has 9 aromatic carbocycles. The molecule has 0 aliphatic rings. The average Bonchev–Trinajstić information content (AvgIpc) is 3.93. The van der Waals surface area contributed by atoms with Gasteiger partial charge >= 0.3 is 0 Å². The SMILES string of the molecule is c1ccc(-c2nc(-c3ccc(-c4cccc(-c5nc6ccc7ccccc7c6c6c5sc5ccccc56)c4)cc3)cc(-c3cccc(-n4c5ccccc5c5ccccc54)c3)n2)cc1. The second-order valence-corrected chi connectivity index (χ2v) is 17.4. The van der Waals surface area contributed by atoms with Crippen molar-refractivity contribution in [2.75, 3.05) is 0 Å². The van der Waals surface area contributed by atoms with E-state index in [1.165, 1.54) is 58.1 Å². The molecule has 0 aliphatic carbocycles. The Kier molecular flexibility index (Phi) is 8.36. The number of thiophene rings is 1. The van der Waals surface area contributed by atoms with E-state index in [0.717, 1.165) is 61.7 Å². The van der Waals surface area contributed by atoms with Gasteiger partial charge < -0.3 is 4.57 Å². The molecule has 13 aromatic rings. The summed E-state index contributed by atoms with van der Waals surface area (Å²) in [4.78, 5) is 15.8. The van der Waals surface area contributed by atoms with Crippen molar-refractivity contribution in [1.82, 2.24) is 19.5 Å². The van der Waals surface area contributed by atoms with Crippen molar-refractivity contribution in [3.05, 3.63) is 218 Å². The molecule has 4 heterocycles. The first kappa shape index (κ1) is 36.4. The molecule has 0 unspecified atom stereocenters. The van der Waals surface area contributed by atoms with E-state index in [1.54, 1.807) is 0 Å². The van der Waals surface area contributed by atoms with E-state index in [2.05, 4.69) is 205 Å². The summed E-state index contributed by atoms with van der Waals surface area (Å²) in [5.41, 5.74) is 13.6. The molecule has 4 aromatic heterocycles. The maximum Gasteiger partial charge on any atom is 0.160 e. The highest BCUT2D eigenvalue weighted by atomic mass is 32.1. The molecular formula is C59H36N4S. The number of aromatic nitrogens is 4. The Morgan fingerprint density at radius 1 is 0.359 bits per heavy atom. The third-order valence-electron chi connectivity index (χ3n) is 12.6. The summed E-state index contributed by atoms with van der Waals surface area (Å²) in [5.74, 6) is 0.690. The Morgan fingerprint density at radius 2 is 0.969 bits per heavy atom. The van der Waals surface area contributed by atoms with Gasteiger partial charge in [-0.25, -0.2) is 15.0 Å². The number of para-hydroxylation sites is 2. The molecule has 0 aliphatic heterocycles. The summed E-state index contributed by atoms with van der Waals surface area (Å²) in [6.45, 7) is 0. The lowest BCUT2D eigenvalue weighted by Gasteiger charge is -2.13. The van der Waals surface area contributed by atoms with Crippen molar-refractivity contribution in [2.45, 2.75) is 0 Å². The first-order valence-corrected chi connectivity index (χ1v) is 22.4. The number of pyridine rings is 1. The first-order valence-electron chi connectivity index (χ1n) is 21.6. The molecule has 0 bridgehead atoms. The van der Waals surface area contributed by atoms with Crippen LogP contribution in [-0.4, -0.2) is 19.5 Å². The van der Waals surface area contributed by atoms with E-state index >= 15 is 0 Å². The van der Waals surface area contributed by atoms with E-state index in [-0.39, 0.29) is 0 Å². The van der Waals surface area contributed by atoms with Crippen LogP contribution in [0.4, 0.5) is 0 Å². The van der Waals surface area contributed by atoms with Crippen molar-refractivity contribution in [3.63, 3.8) is 0 Å². The molecular weight excluding hydrogens is 797 g/mol. The zero-order valence-electron chi connectivity index (χ0n) is 34.5. The third kappa shape index (κ3) is 5.93. The molecule has 13 rings (SSSR count). The fourth-order valence-electron chi connectivity index (χ4n) is 9.59. The Labute approximate surface area is 373 Å². The number of benzene rings is 9. The molecule has 5 heteroatoms. The summed E-state index contributed by atoms with van der Waals surface area (Å²) in [7, 11) is 0. The summed E-state index contributed by atoms with van der Waals surface area (Å²) in [6, 6.07) is 77.7. The number of hydrogen-bond donors (Lipinski definition) is 0. The summed E-state index contributed by atoms with van der Waals surface area (Å²) >= 11 is 1.83. The maximum atomic E-state index is 5.42. The minimum absolute atomic E-state index is 0.690. The zero-order valence-corrected chi connectivity index (χ0v) is 35.3. The quantitative estimate of drug-likeness (QED) is 0.157. The van der Waals surface area contributed by atoms with Gasteiger partial charge in [0.1, 0.15) is 0 Å². The molecule has 0 spiro atoms. The van der Waals surface area contributed by atoms with Crippen molar-refractivity contribution < 1.29 is 0 Å². The lowest BCUT2D eigenvalue weighted by molar-refractivity contribution is 1.16. The van der Waals surface area contributed by atoms with Gasteiger partial charge in [-0.05, 0) is 70.4 Å². The molecule has 0 saturated carbocycles. The van der Waals surface area contributed by atoms with Gasteiger partial charge in [-0.2, -0.15) is 0 Å². The van der Waals surface area contributed by atoms with Crippen molar-refractivity contribution >= 4 is 75.0 Å². The molecule has 0 saturated heterocycles.